The number of fused-ring (bicyclic) bond motifs is 1. The van der Waals surface area contributed by atoms with Crippen LogP contribution in [0.15, 0.2) is 83.3 Å². The van der Waals surface area contributed by atoms with E-state index in [1.54, 1.807) is 0 Å². The van der Waals surface area contributed by atoms with Crippen LogP contribution in [0.1, 0.15) is 47.4 Å². The van der Waals surface area contributed by atoms with Crippen LogP contribution in [0.4, 0.5) is 5.69 Å². The Bertz CT molecular complexity index is 1490. The summed E-state index contributed by atoms with van der Waals surface area (Å²) in [5.41, 5.74) is 3.93. The second-order valence-electron chi connectivity index (χ2n) is 11.2. The molecule has 210 valence electrons. The molecule has 7 heteroatoms. The van der Waals surface area contributed by atoms with Gasteiger partial charge in [0.2, 0.25) is 0 Å². The minimum Gasteiger partial charge on any atom is -0.490 e. The van der Waals surface area contributed by atoms with Crippen molar-refractivity contribution in [2.75, 3.05) is 26.2 Å². The Hall–Kier alpha value is -4.12. The van der Waals surface area contributed by atoms with Gasteiger partial charge in [-0.25, -0.2) is 4.85 Å². The molecule has 0 radical (unpaired) electrons. The molecule has 2 aliphatic heterocycles. The fraction of sp³-hybridized carbons (Fsp3) is 0.353. The van der Waals surface area contributed by atoms with Gasteiger partial charge in [-0.3, -0.25) is 14.6 Å². The highest BCUT2D eigenvalue weighted by molar-refractivity contribution is 5.96. The number of hydrogen-bond donors (Lipinski definition) is 1. The molecule has 0 bridgehead atoms. The number of amides is 1. The van der Waals surface area contributed by atoms with Gasteiger partial charge in [-0.1, -0.05) is 54.6 Å². The standard InChI is InChI=1S/C34H36N4O3/c1-35-28-9-7-26(8-10-28)24-38-19-15-30(16-20-38)40-31-11-12-32-27(21-31)22-33(41-32)34(39)36-29-13-17-37(18-14-29)23-25-5-3-2-4-6-25/h2-12,21-22,29-30H,13-20,23-24H2,(H,36,39). The third-order valence-electron chi connectivity index (χ3n) is 8.19. The number of ether oxygens (including phenoxy) is 1. The Morgan fingerprint density at radius 3 is 2.20 bits per heavy atom. The molecule has 6 rings (SSSR count). The summed E-state index contributed by atoms with van der Waals surface area (Å²) in [6.45, 7) is 12.8. The summed E-state index contributed by atoms with van der Waals surface area (Å²) < 4.78 is 12.2. The van der Waals surface area contributed by atoms with E-state index >= 15 is 0 Å². The number of piperidine rings is 2. The van der Waals surface area contributed by atoms with Crippen LogP contribution in [0.2, 0.25) is 0 Å². The van der Waals surface area contributed by atoms with Crippen LogP contribution in [-0.2, 0) is 13.1 Å². The zero-order valence-electron chi connectivity index (χ0n) is 23.3. The van der Waals surface area contributed by atoms with Crippen LogP contribution < -0.4 is 10.1 Å². The smallest absolute Gasteiger partial charge is 0.287 e. The van der Waals surface area contributed by atoms with Gasteiger partial charge in [-0.15, -0.1) is 0 Å². The quantitative estimate of drug-likeness (QED) is 0.258. The number of hydrogen-bond acceptors (Lipinski definition) is 5. The second kappa shape index (κ2) is 12.6. The average molecular weight is 549 g/mol. The molecule has 4 aromatic rings. The Kier molecular flexibility index (Phi) is 8.31. The summed E-state index contributed by atoms with van der Waals surface area (Å²) in [6.07, 6.45) is 3.95. The lowest BCUT2D eigenvalue weighted by Crippen LogP contribution is -2.44. The van der Waals surface area contributed by atoms with Crippen LogP contribution >= 0.6 is 0 Å². The predicted octanol–water partition coefficient (Wildman–Crippen LogP) is 6.42. The first kappa shape index (κ1) is 27.1. The minimum absolute atomic E-state index is 0.152. The Morgan fingerprint density at radius 2 is 1.51 bits per heavy atom. The van der Waals surface area contributed by atoms with Crippen molar-refractivity contribution in [2.45, 2.75) is 50.9 Å². The van der Waals surface area contributed by atoms with Crippen LogP contribution in [0.5, 0.6) is 5.75 Å². The number of nitrogens with one attached hydrogen (secondary N) is 1. The highest BCUT2D eigenvalue weighted by atomic mass is 16.5. The summed E-state index contributed by atoms with van der Waals surface area (Å²) in [6, 6.07) is 26.2. The number of carbonyl (C=O) groups is 1. The van der Waals surface area contributed by atoms with Crippen LogP contribution in [0.3, 0.4) is 0 Å². The van der Waals surface area contributed by atoms with E-state index in [0.29, 0.717) is 17.0 Å². The van der Waals surface area contributed by atoms with Gasteiger partial charge in [0.1, 0.15) is 17.4 Å². The molecule has 3 aromatic carbocycles. The maximum atomic E-state index is 13.0. The van der Waals surface area contributed by atoms with Crippen molar-refractivity contribution in [3.8, 4) is 5.75 Å². The first-order valence-corrected chi connectivity index (χ1v) is 14.6. The molecule has 0 saturated carbocycles. The largest absolute Gasteiger partial charge is 0.490 e. The van der Waals surface area contributed by atoms with Crippen molar-refractivity contribution in [1.29, 1.82) is 0 Å². The Labute approximate surface area is 241 Å². The molecule has 1 amide bonds. The topological polar surface area (TPSA) is 62.3 Å². The highest BCUT2D eigenvalue weighted by Crippen LogP contribution is 2.27. The first-order chi connectivity index (χ1) is 20.1. The van der Waals surface area contributed by atoms with Gasteiger partial charge < -0.3 is 14.5 Å². The van der Waals surface area contributed by atoms with E-state index in [2.05, 4.69) is 44.2 Å². The molecule has 41 heavy (non-hydrogen) atoms. The monoisotopic (exact) mass is 548 g/mol. The van der Waals surface area contributed by atoms with Gasteiger partial charge in [0, 0.05) is 50.7 Å². The lowest BCUT2D eigenvalue weighted by Gasteiger charge is -2.32. The minimum atomic E-state index is -0.152. The van der Waals surface area contributed by atoms with Crippen LogP contribution in [0.25, 0.3) is 15.8 Å². The van der Waals surface area contributed by atoms with Crippen LogP contribution in [0, 0.1) is 6.57 Å². The number of rotatable bonds is 8. The van der Waals surface area contributed by atoms with E-state index < -0.39 is 0 Å². The van der Waals surface area contributed by atoms with Crippen molar-refractivity contribution in [1.82, 2.24) is 15.1 Å². The summed E-state index contributed by atoms with van der Waals surface area (Å²) in [5, 5.41) is 4.06. The third-order valence-corrected chi connectivity index (χ3v) is 8.19. The molecule has 1 N–H and O–H groups in total. The van der Waals surface area contributed by atoms with Gasteiger partial charge >= 0.3 is 0 Å². The maximum absolute atomic E-state index is 13.0. The Morgan fingerprint density at radius 1 is 0.854 bits per heavy atom. The van der Waals surface area contributed by atoms with Gasteiger partial charge in [-0.2, -0.15) is 0 Å². The third kappa shape index (κ3) is 6.97. The number of carbonyl (C=O) groups excluding carboxylic acids is 1. The molecule has 1 aromatic heterocycles. The average Bonchev–Trinajstić information content (AvgIpc) is 3.44. The summed E-state index contributed by atoms with van der Waals surface area (Å²) in [4.78, 5) is 21.3. The molecular weight excluding hydrogens is 512 g/mol. The number of nitrogens with zero attached hydrogens (tertiary/aromatic N) is 3. The normalized spacial score (nSPS) is 17.3. The SMILES string of the molecule is [C-]#[N+]c1ccc(CN2CCC(Oc3ccc4oc(C(=O)NC5CCN(Cc6ccccc6)CC5)cc4c3)CC2)cc1. The fourth-order valence-corrected chi connectivity index (χ4v) is 5.85. The van der Waals surface area contributed by atoms with E-state index in [4.69, 9.17) is 15.7 Å². The van der Waals surface area contributed by atoms with E-state index in [1.807, 2.05) is 54.6 Å². The lowest BCUT2D eigenvalue weighted by atomic mass is 10.0. The summed E-state index contributed by atoms with van der Waals surface area (Å²) in [5.74, 6) is 1.01. The van der Waals surface area contributed by atoms with Crippen molar-refractivity contribution >= 4 is 22.6 Å². The predicted molar refractivity (Wildman–Crippen MR) is 160 cm³/mol. The molecule has 2 aliphatic rings. The first-order valence-electron chi connectivity index (χ1n) is 14.6. The molecule has 3 heterocycles. The molecule has 2 saturated heterocycles. The van der Waals surface area contributed by atoms with Crippen molar-refractivity contribution < 1.29 is 13.9 Å². The number of furan rings is 1. The number of likely N-dealkylation sites (tertiary alicyclic amines) is 2. The lowest BCUT2D eigenvalue weighted by molar-refractivity contribution is 0.0883. The summed E-state index contributed by atoms with van der Waals surface area (Å²) >= 11 is 0. The van der Waals surface area contributed by atoms with Gasteiger partial charge in [-0.05, 0) is 61.1 Å². The fourth-order valence-electron chi connectivity index (χ4n) is 5.85. The molecule has 0 aliphatic carbocycles. The molecule has 2 fully saturated rings. The van der Waals surface area contributed by atoms with Crippen molar-refractivity contribution in [3.05, 3.63) is 107 Å². The van der Waals surface area contributed by atoms with Crippen molar-refractivity contribution in [3.63, 3.8) is 0 Å². The van der Waals surface area contributed by atoms with E-state index in [0.717, 1.165) is 76.1 Å². The Balaban J connectivity index is 0.974. The molecule has 0 atom stereocenters. The molecular formula is C34H36N4O3. The zero-order valence-corrected chi connectivity index (χ0v) is 23.3. The van der Waals surface area contributed by atoms with E-state index in [-0.39, 0.29) is 18.1 Å². The molecule has 0 unspecified atom stereocenters. The van der Waals surface area contributed by atoms with Gasteiger partial charge in [0.15, 0.2) is 11.4 Å². The summed E-state index contributed by atoms with van der Waals surface area (Å²) in [7, 11) is 0. The second-order valence-corrected chi connectivity index (χ2v) is 11.2. The van der Waals surface area contributed by atoms with E-state index in [9.17, 15) is 4.79 Å². The molecule has 0 spiro atoms. The van der Waals surface area contributed by atoms with Gasteiger partial charge in [0.05, 0.1) is 6.57 Å². The van der Waals surface area contributed by atoms with Crippen molar-refractivity contribution in [2.24, 2.45) is 0 Å². The van der Waals surface area contributed by atoms with Gasteiger partial charge in [0.25, 0.3) is 5.91 Å². The number of benzene rings is 3. The highest BCUT2D eigenvalue weighted by Gasteiger charge is 2.24. The molecule has 7 nitrogen and oxygen atoms in total. The maximum Gasteiger partial charge on any atom is 0.287 e. The van der Waals surface area contributed by atoms with Crippen LogP contribution in [-0.4, -0.2) is 54.0 Å². The van der Waals surface area contributed by atoms with E-state index in [1.165, 1.54) is 11.1 Å². The zero-order chi connectivity index (χ0) is 28.0.